The molecule has 4 rings (SSSR count). The van der Waals surface area contributed by atoms with E-state index in [9.17, 15) is 22.2 Å². The van der Waals surface area contributed by atoms with Gasteiger partial charge >= 0.3 is 0 Å². The van der Waals surface area contributed by atoms with Gasteiger partial charge in [0.15, 0.2) is 0 Å². The van der Waals surface area contributed by atoms with Gasteiger partial charge in [-0.2, -0.15) is 0 Å². The van der Waals surface area contributed by atoms with E-state index in [1.807, 2.05) is 0 Å². The lowest BCUT2D eigenvalue weighted by Gasteiger charge is -2.32. The molecule has 1 aliphatic rings. The van der Waals surface area contributed by atoms with E-state index < -0.39 is 16.0 Å². The first-order chi connectivity index (χ1) is 16.9. The molecule has 37 heavy (non-hydrogen) atoms. The molecule has 1 N–H and O–H groups in total. The van der Waals surface area contributed by atoms with Crippen LogP contribution in [-0.4, -0.2) is 46.4 Å². The molecule has 1 unspecified atom stereocenters. The summed E-state index contributed by atoms with van der Waals surface area (Å²) in [5, 5.41) is 2.94. The maximum atomic E-state index is 13.4. The standard InChI is InChI=1S/C27H27F3N2O2S.CH4.ClH/c28-22-7-1-19(2-8-22)26(20-3-9-23(29)10-4-20)35(34)18-15-31-25-13-16-32(17-14-25)27(33)21-5-11-24(30)12-6-21;;/h1-12,25-26,31H,13-18H2;1H4;1H. The molecule has 3 aromatic carbocycles. The maximum Gasteiger partial charge on any atom is 0.253 e. The van der Waals surface area contributed by atoms with Gasteiger partial charge in [-0.15, -0.1) is 12.4 Å². The van der Waals surface area contributed by atoms with Crippen LogP contribution in [0.1, 0.15) is 47.0 Å². The second-order valence-electron chi connectivity index (χ2n) is 8.60. The van der Waals surface area contributed by atoms with E-state index in [2.05, 4.69) is 5.32 Å². The van der Waals surface area contributed by atoms with Crippen molar-refractivity contribution in [1.29, 1.82) is 0 Å². The molecule has 4 nitrogen and oxygen atoms in total. The van der Waals surface area contributed by atoms with Crippen molar-refractivity contribution in [1.82, 2.24) is 10.2 Å². The number of carbonyl (C=O) groups excluding carboxylic acids is 1. The molecule has 0 radical (unpaired) electrons. The summed E-state index contributed by atoms with van der Waals surface area (Å²) < 4.78 is 53.3. The molecule has 1 atom stereocenters. The van der Waals surface area contributed by atoms with Crippen LogP contribution in [0.15, 0.2) is 72.8 Å². The molecule has 200 valence electrons. The number of piperidine rings is 1. The van der Waals surface area contributed by atoms with Gasteiger partial charge in [0.1, 0.15) is 17.5 Å². The summed E-state index contributed by atoms with van der Waals surface area (Å²) >= 11 is 0. The molecule has 0 saturated carbocycles. The van der Waals surface area contributed by atoms with Gasteiger partial charge in [-0.05, 0) is 72.5 Å². The zero-order valence-corrected chi connectivity index (χ0v) is 21.2. The minimum atomic E-state index is -1.32. The average molecular weight is 553 g/mol. The highest BCUT2D eigenvalue weighted by atomic mass is 35.5. The molecule has 0 aliphatic carbocycles. The Bertz CT molecular complexity index is 1110. The number of nitrogens with one attached hydrogen (secondary N) is 1. The Morgan fingerprint density at radius 2 is 1.27 bits per heavy atom. The minimum absolute atomic E-state index is 0. The Labute approximate surface area is 225 Å². The zero-order chi connectivity index (χ0) is 24.8. The number of rotatable bonds is 8. The molecule has 0 aromatic heterocycles. The predicted molar refractivity (Wildman–Crippen MR) is 145 cm³/mol. The van der Waals surface area contributed by atoms with Crippen LogP contribution in [0.25, 0.3) is 0 Å². The van der Waals surface area contributed by atoms with Crippen molar-refractivity contribution in [3.05, 3.63) is 107 Å². The molecule has 1 aliphatic heterocycles. The molecule has 3 aromatic rings. The molecule has 1 amide bonds. The fourth-order valence-electron chi connectivity index (χ4n) is 4.31. The van der Waals surface area contributed by atoms with E-state index in [4.69, 9.17) is 0 Å². The van der Waals surface area contributed by atoms with Crippen molar-refractivity contribution < 1.29 is 22.2 Å². The van der Waals surface area contributed by atoms with Crippen LogP contribution < -0.4 is 5.32 Å². The van der Waals surface area contributed by atoms with Gasteiger partial charge < -0.3 is 10.2 Å². The normalized spacial score (nSPS) is 14.5. The molecule has 9 heteroatoms. The second-order valence-corrected chi connectivity index (χ2v) is 10.2. The Kier molecular flexibility index (Phi) is 11.8. The highest BCUT2D eigenvalue weighted by molar-refractivity contribution is 7.85. The molecule has 0 spiro atoms. The largest absolute Gasteiger partial charge is 0.339 e. The summed E-state index contributed by atoms with van der Waals surface area (Å²) in [6.45, 7) is 1.69. The Morgan fingerprint density at radius 3 is 1.73 bits per heavy atom. The van der Waals surface area contributed by atoms with E-state index in [1.165, 1.54) is 48.5 Å². The van der Waals surface area contributed by atoms with Gasteiger partial charge in [0.05, 0.1) is 5.25 Å². The van der Waals surface area contributed by atoms with Crippen molar-refractivity contribution in [2.24, 2.45) is 0 Å². The Morgan fingerprint density at radius 1 is 0.838 bits per heavy atom. The van der Waals surface area contributed by atoms with E-state index >= 15 is 0 Å². The third-order valence-electron chi connectivity index (χ3n) is 6.22. The number of hydrogen-bond donors (Lipinski definition) is 1. The summed E-state index contributed by atoms with van der Waals surface area (Å²) in [7, 11) is -1.32. The summed E-state index contributed by atoms with van der Waals surface area (Å²) in [5.41, 5.74) is 1.90. The summed E-state index contributed by atoms with van der Waals surface area (Å²) in [6, 6.07) is 17.6. The number of hydrogen-bond acceptors (Lipinski definition) is 3. The van der Waals surface area contributed by atoms with Gasteiger partial charge in [0.2, 0.25) is 0 Å². The number of benzene rings is 3. The summed E-state index contributed by atoms with van der Waals surface area (Å²) in [5.74, 6) is -0.853. The smallest absolute Gasteiger partial charge is 0.253 e. The molecule has 0 bridgehead atoms. The van der Waals surface area contributed by atoms with Crippen LogP contribution in [0.5, 0.6) is 0 Å². The van der Waals surface area contributed by atoms with Crippen molar-refractivity contribution in [3.63, 3.8) is 0 Å². The van der Waals surface area contributed by atoms with E-state index in [1.54, 1.807) is 29.2 Å². The molecular weight excluding hydrogens is 521 g/mol. The number of halogens is 4. The van der Waals surface area contributed by atoms with Gasteiger partial charge in [-0.3, -0.25) is 9.00 Å². The summed E-state index contributed by atoms with van der Waals surface area (Å²) in [4.78, 5) is 14.4. The van der Waals surface area contributed by atoms with Crippen molar-refractivity contribution in [2.75, 3.05) is 25.4 Å². The van der Waals surface area contributed by atoms with Gasteiger partial charge in [-0.25, -0.2) is 13.2 Å². The van der Waals surface area contributed by atoms with E-state index in [-0.39, 0.29) is 49.2 Å². The fourth-order valence-corrected chi connectivity index (χ4v) is 5.79. The highest BCUT2D eigenvalue weighted by Gasteiger charge is 2.25. The number of likely N-dealkylation sites (tertiary alicyclic amines) is 1. The predicted octanol–water partition coefficient (Wildman–Crippen LogP) is 5.89. The first-order valence-corrected chi connectivity index (χ1v) is 13.0. The fraction of sp³-hybridized carbons (Fsp3) is 0.321. The maximum absolute atomic E-state index is 13.4. The van der Waals surface area contributed by atoms with Crippen molar-refractivity contribution in [2.45, 2.75) is 31.6 Å². The number of nitrogens with zero attached hydrogens (tertiary/aromatic N) is 1. The minimum Gasteiger partial charge on any atom is -0.339 e. The number of amides is 1. The van der Waals surface area contributed by atoms with Gasteiger partial charge in [0, 0.05) is 47.8 Å². The third-order valence-corrected chi connectivity index (χ3v) is 7.89. The monoisotopic (exact) mass is 552 g/mol. The Hall–Kier alpha value is -2.68. The van der Waals surface area contributed by atoms with Gasteiger partial charge in [-0.1, -0.05) is 31.7 Å². The summed E-state index contributed by atoms with van der Waals surface area (Å²) in [6.07, 6.45) is 1.53. The van der Waals surface area contributed by atoms with Crippen LogP contribution in [0, 0.1) is 17.5 Å². The SMILES string of the molecule is C.Cl.O=C(c1ccc(F)cc1)N1CCC(NCCS(=O)C(c2ccc(F)cc2)c2ccc(F)cc2)CC1. The van der Waals surface area contributed by atoms with Gasteiger partial charge in [0.25, 0.3) is 5.91 Å². The van der Waals surface area contributed by atoms with Crippen LogP contribution in [0.3, 0.4) is 0 Å². The van der Waals surface area contributed by atoms with Crippen LogP contribution in [0.2, 0.25) is 0 Å². The lowest BCUT2D eigenvalue weighted by Crippen LogP contribution is -2.45. The van der Waals surface area contributed by atoms with E-state index in [0.29, 0.717) is 42.1 Å². The van der Waals surface area contributed by atoms with Crippen LogP contribution in [0.4, 0.5) is 13.2 Å². The first kappa shape index (κ1) is 30.5. The Balaban J connectivity index is 0.00000241. The van der Waals surface area contributed by atoms with Crippen LogP contribution in [-0.2, 0) is 10.8 Å². The molecular formula is C28H32ClF3N2O2S. The highest BCUT2D eigenvalue weighted by Crippen LogP contribution is 2.29. The van der Waals surface area contributed by atoms with Crippen LogP contribution >= 0.6 is 12.4 Å². The molecule has 1 heterocycles. The first-order valence-electron chi connectivity index (χ1n) is 11.6. The molecule has 1 saturated heterocycles. The van der Waals surface area contributed by atoms with Crippen molar-refractivity contribution in [3.8, 4) is 0 Å². The average Bonchev–Trinajstić information content (AvgIpc) is 2.87. The quantitative estimate of drug-likeness (QED) is 0.379. The van der Waals surface area contributed by atoms with Crippen molar-refractivity contribution >= 4 is 29.1 Å². The third kappa shape index (κ3) is 8.15. The topological polar surface area (TPSA) is 49.4 Å². The lowest BCUT2D eigenvalue weighted by atomic mass is 10.0. The zero-order valence-electron chi connectivity index (χ0n) is 19.5. The molecule has 1 fully saturated rings. The van der Waals surface area contributed by atoms with E-state index in [0.717, 1.165) is 12.8 Å². The number of carbonyl (C=O) groups is 1. The lowest BCUT2D eigenvalue weighted by molar-refractivity contribution is 0.0706. The second kappa shape index (κ2) is 14.3.